The van der Waals surface area contributed by atoms with E-state index in [0.29, 0.717) is 24.3 Å². The maximum Gasteiger partial charge on any atom is 0.293 e. The average Bonchev–Trinajstić information content (AvgIpc) is 2.74. The van der Waals surface area contributed by atoms with Gasteiger partial charge in [0.15, 0.2) is 0 Å². The number of ether oxygens (including phenoxy) is 1. The van der Waals surface area contributed by atoms with Crippen molar-refractivity contribution in [2.24, 2.45) is 0 Å². The van der Waals surface area contributed by atoms with Crippen molar-refractivity contribution in [1.82, 2.24) is 5.32 Å². The molecule has 7 nitrogen and oxygen atoms in total. The summed E-state index contributed by atoms with van der Waals surface area (Å²) in [4.78, 5) is 26.1. The first-order chi connectivity index (χ1) is 13.6. The molecule has 2 aliphatic rings. The predicted molar refractivity (Wildman–Crippen MR) is 106 cm³/mol. The standard InChI is InChI=1S/C21H23N3O4/c25-21(22-17-10-13-28-20-7-3-2-6-16(17)20)15-8-9-18(19(14-15)24(26)27)23-11-4-1-5-12-23/h2-3,6-9,14,17H,1,4-5,10-13H2,(H,22,25). The van der Waals surface area contributed by atoms with Gasteiger partial charge >= 0.3 is 0 Å². The summed E-state index contributed by atoms with van der Waals surface area (Å²) < 4.78 is 5.63. The summed E-state index contributed by atoms with van der Waals surface area (Å²) in [5.74, 6) is 0.459. The highest BCUT2D eigenvalue weighted by molar-refractivity contribution is 5.96. The molecule has 1 unspecified atom stereocenters. The maximum absolute atomic E-state index is 12.8. The van der Waals surface area contributed by atoms with Crippen LogP contribution in [-0.4, -0.2) is 30.5 Å². The Kier molecular flexibility index (Phi) is 5.14. The lowest BCUT2D eigenvalue weighted by molar-refractivity contribution is -0.384. The van der Waals surface area contributed by atoms with Crippen molar-refractivity contribution in [2.45, 2.75) is 31.7 Å². The Labute approximate surface area is 163 Å². The molecule has 2 aliphatic heterocycles. The summed E-state index contributed by atoms with van der Waals surface area (Å²) in [6.45, 7) is 2.15. The molecule has 1 fully saturated rings. The second-order valence-electron chi connectivity index (χ2n) is 7.21. The van der Waals surface area contributed by atoms with Crippen LogP contribution >= 0.6 is 0 Å². The Morgan fingerprint density at radius 2 is 1.93 bits per heavy atom. The lowest BCUT2D eigenvalue weighted by atomic mass is 10.00. The van der Waals surface area contributed by atoms with Gasteiger partial charge in [-0.3, -0.25) is 14.9 Å². The molecular formula is C21H23N3O4. The van der Waals surface area contributed by atoms with Crippen LogP contribution in [0.15, 0.2) is 42.5 Å². The smallest absolute Gasteiger partial charge is 0.293 e. The molecule has 7 heteroatoms. The molecule has 0 bridgehead atoms. The van der Waals surface area contributed by atoms with Crippen LogP contribution in [0.1, 0.15) is 47.6 Å². The van der Waals surface area contributed by atoms with Crippen LogP contribution in [0.5, 0.6) is 5.75 Å². The van der Waals surface area contributed by atoms with E-state index in [0.717, 1.165) is 43.7 Å². The minimum Gasteiger partial charge on any atom is -0.493 e. The zero-order valence-electron chi connectivity index (χ0n) is 15.6. The Hall–Kier alpha value is -3.09. The van der Waals surface area contributed by atoms with E-state index in [1.807, 2.05) is 29.2 Å². The largest absolute Gasteiger partial charge is 0.493 e. The summed E-state index contributed by atoms with van der Waals surface area (Å²) in [6.07, 6.45) is 3.87. The van der Waals surface area contributed by atoms with E-state index >= 15 is 0 Å². The van der Waals surface area contributed by atoms with Gasteiger partial charge in [-0.2, -0.15) is 0 Å². The fourth-order valence-electron chi connectivity index (χ4n) is 3.95. The van der Waals surface area contributed by atoms with Gasteiger partial charge in [0.25, 0.3) is 11.6 Å². The number of hydrogen-bond acceptors (Lipinski definition) is 5. The first kappa shape index (κ1) is 18.3. The van der Waals surface area contributed by atoms with E-state index in [1.165, 1.54) is 6.07 Å². The van der Waals surface area contributed by atoms with Crippen LogP contribution < -0.4 is 15.0 Å². The molecule has 0 aliphatic carbocycles. The first-order valence-corrected chi connectivity index (χ1v) is 9.69. The van der Waals surface area contributed by atoms with Crippen LogP contribution in [-0.2, 0) is 0 Å². The highest BCUT2D eigenvalue weighted by atomic mass is 16.6. The third-order valence-electron chi connectivity index (χ3n) is 5.39. The van der Waals surface area contributed by atoms with E-state index in [-0.39, 0.29) is 17.6 Å². The Balaban J connectivity index is 1.56. The summed E-state index contributed by atoms with van der Waals surface area (Å²) in [6, 6.07) is 12.2. The highest BCUT2D eigenvalue weighted by Gasteiger charge is 2.26. The van der Waals surface area contributed by atoms with Crippen molar-refractivity contribution >= 4 is 17.3 Å². The van der Waals surface area contributed by atoms with E-state index in [9.17, 15) is 14.9 Å². The van der Waals surface area contributed by atoms with Gasteiger partial charge in [0.2, 0.25) is 0 Å². The van der Waals surface area contributed by atoms with E-state index in [1.54, 1.807) is 12.1 Å². The maximum atomic E-state index is 12.8. The van der Waals surface area contributed by atoms with Crippen LogP contribution in [0.2, 0.25) is 0 Å². The van der Waals surface area contributed by atoms with Gasteiger partial charge < -0.3 is 15.0 Å². The number of nitrogens with one attached hydrogen (secondary N) is 1. The second kappa shape index (κ2) is 7.88. The van der Waals surface area contributed by atoms with Crippen LogP contribution in [0.25, 0.3) is 0 Å². The Bertz CT molecular complexity index is 893. The van der Waals surface area contributed by atoms with Gasteiger partial charge in [-0.15, -0.1) is 0 Å². The molecule has 0 saturated carbocycles. The molecule has 146 valence electrons. The molecule has 2 heterocycles. The zero-order chi connectivity index (χ0) is 19.5. The molecule has 2 aromatic carbocycles. The number of carbonyl (C=O) groups excluding carboxylic acids is 1. The molecule has 1 saturated heterocycles. The number of para-hydroxylation sites is 1. The summed E-state index contributed by atoms with van der Waals surface area (Å²) in [5, 5.41) is 14.6. The monoisotopic (exact) mass is 381 g/mol. The van der Waals surface area contributed by atoms with Crippen molar-refractivity contribution in [3.63, 3.8) is 0 Å². The number of piperidine rings is 1. The first-order valence-electron chi connectivity index (χ1n) is 9.69. The van der Waals surface area contributed by atoms with Crippen LogP contribution in [0.4, 0.5) is 11.4 Å². The van der Waals surface area contributed by atoms with Crippen molar-refractivity contribution in [2.75, 3.05) is 24.6 Å². The number of nitro groups is 1. The van der Waals surface area contributed by atoms with Gasteiger partial charge in [0.05, 0.1) is 17.6 Å². The van der Waals surface area contributed by atoms with Gasteiger partial charge in [-0.25, -0.2) is 0 Å². The van der Waals surface area contributed by atoms with Crippen molar-refractivity contribution in [1.29, 1.82) is 0 Å². The Morgan fingerprint density at radius 3 is 2.71 bits per heavy atom. The molecule has 2 aromatic rings. The molecule has 1 amide bonds. The number of rotatable bonds is 4. The van der Waals surface area contributed by atoms with E-state index < -0.39 is 4.92 Å². The predicted octanol–water partition coefficient (Wildman–Crippen LogP) is 3.84. The molecule has 4 rings (SSSR count). The van der Waals surface area contributed by atoms with Gasteiger partial charge in [0.1, 0.15) is 11.4 Å². The average molecular weight is 381 g/mol. The summed E-state index contributed by atoms with van der Waals surface area (Å²) >= 11 is 0. The fraction of sp³-hybridized carbons (Fsp3) is 0.381. The third kappa shape index (κ3) is 3.65. The fourth-order valence-corrected chi connectivity index (χ4v) is 3.95. The van der Waals surface area contributed by atoms with Gasteiger partial charge in [0, 0.05) is 36.7 Å². The Morgan fingerprint density at radius 1 is 1.14 bits per heavy atom. The zero-order valence-corrected chi connectivity index (χ0v) is 15.6. The molecule has 28 heavy (non-hydrogen) atoms. The van der Waals surface area contributed by atoms with Crippen LogP contribution in [0, 0.1) is 10.1 Å². The minimum absolute atomic E-state index is 0.0121. The van der Waals surface area contributed by atoms with Crippen molar-refractivity contribution < 1.29 is 14.5 Å². The lowest BCUT2D eigenvalue weighted by Crippen LogP contribution is -2.32. The van der Waals surface area contributed by atoms with Crippen LogP contribution in [0.3, 0.4) is 0 Å². The highest BCUT2D eigenvalue weighted by Crippen LogP contribution is 2.33. The lowest BCUT2D eigenvalue weighted by Gasteiger charge is -2.28. The number of nitro benzene ring substituents is 1. The SMILES string of the molecule is O=C(NC1CCOc2ccccc21)c1ccc(N2CCCCC2)c([N+](=O)[O-])c1. The number of carbonyl (C=O) groups is 1. The van der Waals surface area contributed by atoms with E-state index in [2.05, 4.69) is 5.32 Å². The van der Waals surface area contributed by atoms with Gasteiger partial charge in [-0.1, -0.05) is 18.2 Å². The minimum atomic E-state index is -0.398. The molecule has 0 spiro atoms. The molecule has 1 atom stereocenters. The molecule has 1 N–H and O–H groups in total. The number of anilines is 1. The summed E-state index contributed by atoms with van der Waals surface area (Å²) in [7, 11) is 0. The topological polar surface area (TPSA) is 84.7 Å². The number of nitrogens with zero attached hydrogens (tertiary/aromatic N) is 2. The number of amides is 1. The van der Waals surface area contributed by atoms with E-state index in [4.69, 9.17) is 4.74 Å². The normalized spacial score (nSPS) is 18.7. The molecule has 0 aromatic heterocycles. The molecule has 0 radical (unpaired) electrons. The molecular weight excluding hydrogens is 358 g/mol. The number of fused-ring (bicyclic) bond motifs is 1. The summed E-state index contributed by atoms with van der Waals surface area (Å²) in [5.41, 5.74) is 1.82. The van der Waals surface area contributed by atoms with Crippen molar-refractivity contribution in [3.8, 4) is 5.75 Å². The van der Waals surface area contributed by atoms with Crippen molar-refractivity contribution in [3.05, 3.63) is 63.7 Å². The third-order valence-corrected chi connectivity index (χ3v) is 5.39. The quantitative estimate of drug-likeness (QED) is 0.642. The van der Waals surface area contributed by atoms with Gasteiger partial charge in [-0.05, 0) is 37.5 Å². The number of benzene rings is 2. The number of hydrogen-bond donors (Lipinski definition) is 1. The second-order valence-corrected chi connectivity index (χ2v) is 7.21.